The van der Waals surface area contributed by atoms with Gasteiger partial charge in [0.05, 0.1) is 16.8 Å². The van der Waals surface area contributed by atoms with Gasteiger partial charge in [0.1, 0.15) is 11.6 Å². The van der Waals surface area contributed by atoms with Crippen molar-refractivity contribution in [2.75, 3.05) is 5.75 Å². The topological polar surface area (TPSA) is 115 Å². The highest BCUT2D eigenvalue weighted by molar-refractivity contribution is 7.99. The lowest BCUT2D eigenvalue weighted by Crippen LogP contribution is -2.31. The van der Waals surface area contributed by atoms with Crippen molar-refractivity contribution in [3.8, 4) is 5.69 Å². The Morgan fingerprint density at radius 3 is 2.64 bits per heavy atom. The highest BCUT2D eigenvalue weighted by Gasteiger charge is 2.16. The molecule has 2 aromatic heterocycles. The summed E-state index contributed by atoms with van der Waals surface area (Å²) >= 11 is 1.29. The number of H-pyrrole nitrogens is 1. The zero-order valence-corrected chi connectivity index (χ0v) is 15.8. The molecule has 9 heteroatoms. The molecule has 0 aliphatic heterocycles. The fourth-order valence-corrected chi connectivity index (χ4v) is 3.70. The summed E-state index contributed by atoms with van der Waals surface area (Å²) in [6, 6.07) is 17.8. The number of nitrogens with one attached hydrogen (secondary N) is 2. The summed E-state index contributed by atoms with van der Waals surface area (Å²) in [6.07, 6.45) is 1.36. The maximum atomic E-state index is 11.5. The third-order valence-corrected chi connectivity index (χ3v) is 5.16. The van der Waals surface area contributed by atoms with E-state index in [0.29, 0.717) is 18.0 Å². The zero-order valence-electron chi connectivity index (χ0n) is 15.0. The number of amides is 1. The van der Waals surface area contributed by atoms with Crippen molar-refractivity contribution in [2.24, 2.45) is 5.84 Å². The van der Waals surface area contributed by atoms with Crippen LogP contribution in [0, 0.1) is 0 Å². The van der Waals surface area contributed by atoms with Gasteiger partial charge in [0, 0.05) is 18.5 Å². The fraction of sp³-hybridized carbons (Fsp3) is 0.158. The van der Waals surface area contributed by atoms with Gasteiger partial charge in [0.2, 0.25) is 5.91 Å². The van der Waals surface area contributed by atoms with Crippen LogP contribution in [-0.4, -0.2) is 36.4 Å². The number of carbonyl (C=O) groups excluding carboxylic acids is 1. The number of aromatic nitrogens is 5. The van der Waals surface area contributed by atoms with Crippen molar-refractivity contribution in [1.82, 2.24) is 30.2 Å². The second-order valence-electron chi connectivity index (χ2n) is 6.13. The van der Waals surface area contributed by atoms with Crippen LogP contribution >= 0.6 is 11.8 Å². The Kier molecular flexibility index (Phi) is 5.36. The summed E-state index contributed by atoms with van der Waals surface area (Å²) in [6.45, 7) is 0. The normalized spacial score (nSPS) is 11.0. The number of aryl methyl sites for hydroxylation is 2. The number of benzene rings is 2. The molecule has 4 rings (SSSR count). The largest absolute Gasteiger partial charge is 0.342 e. The molecule has 0 saturated carbocycles. The molecule has 0 bridgehead atoms. The minimum Gasteiger partial charge on any atom is -0.342 e. The van der Waals surface area contributed by atoms with E-state index >= 15 is 0 Å². The monoisotopic (exact) mass is 393 g/mol. The molecule has 0 fully saturated rings. The molecule has 4 N–H and O–H groups in total. The number of rotatable bonds is 7. The predicted octanol–water partition coefficient (Wildman–Crippen LogP) is 2.01. The summed E-state index contributed by atoms with van der Waals surface area (Å²) in [4.78, 5) is 19.5. The summed E-state index contributed by atoms with van der Waals surface area (Å²) in [5.74, 6) is 6.78. The van der Waals surface area contributed by atoms with Crippen LogP contribution in [0.2, 0.25) is 0 Å². The minimum absolute atomic E-state index is 0.172. The standard InChI is InChI=1S/C19H19N7OS/c20-23-18(27)12-28-19-25-24-17(26(19)13-6-2-1-3-7-13)11-10-16-21-14-8-4-5-9-15(14)22-16/h1-9H,10-12,20H2,(H,21,22)(H,23,27). The van der Waals surface area contributed by atoms with Gasteiger partial charge < -0.3 is 4.98 Å². The molecule has 28 heavy (non-hydrogen) atoms. The number of fused-ring (bicyclic) bond motifs is 1. The molecule has 4 aromatic rings. The van der Waals surface area contributed by atoms with Gasteiger partial charge in [-0.2, -0.15) is 0 Å². The number of nitrogens with zero attached hydrogens (tertiary/aromatic N) is 4. The number of hydrazine groups is 1. The van der Waals surface area contributed by atoms with E-state index in [0.717, 1.165) is 28.4 Å². The van der Waals surface area contributed by atoms with Gasteiger partial charge in [-0.3, -0.25) is 14.8 Å². The molecule has 0 spiro atoms. The van der Waals surface area contributed by atoms with Crippen molar-refractivity contribution >= 4 is 28.7 Å². The van der Waals surface area contributed by atoms with E-state index in [4.69, 9.17) is 5.84 Å². The Bertz CT molecular complexity index is 1060. The van der Waals surface area contributed by atoms with Crippen LogP contribution in [0.15, 0.2) is 59.8 Å². The molecule has 142 valence electrons. The van der Waals surface area contributed by atoms with E-state index in [-0.39, 0.29) is 11.7 Å². The molecule has 0 atom stereocenters. The summed E-state index contributed by atoms with van der Waals surface area (Å²) < 4.78 is 1.97. The van der Waals surface area contributed by atoms with Crippen LogP contribution in [0.4, 0.5) is 0 Å². The molecule has 8 nitrogen and oxygen atoms in total. The number of thioether (sulfide) groups is 1. The van der Waals surface area contributed by atoms with Gasteiger partial charge in [-0.15, -0.1) is 10.2 Å². The second kappa shape index (κ2) is 8.24. The van der Waals surface area contributed by atoms with E-state index in [1.165, 1.54) is 11.8 Å². The highest BCUT2D eigenvalue weighted by atomic mass is 32.2. The number of para-hydroxylation sites is 3. The van der Waals surface area contributed by atoms with E-state index in [1.54, 1.807) is 0 Å². The number of hydrogen-bond donors (Lipinski definition) is 3. The molecule has 0 aliphatic carbocycles. The Labute approximate surface area is 165 Å². The van der Waals surface area contributed by atoms with Crippen LogP contribution < -0.4 is 11.3 Å². The summed E-state index contributed by atoms with van der Waals surface area (Å²) in [5.41, 5.74) is 5.05. The van der Waals surface area contributed by atoms with Crippen molar-refractivity contribution in [3.05, 3.63) is 66.2 Å². The van der Waals surface area contributed by atoms with Gasteiger partial charge in [-0.1, -0.05) is 42.1 Å². The predicted molar refractivity (Wildman–Crippen MR) is 108 cm³/mol. The molecule has 0 aliphatic rings. The lowest BCUT2D eigenvalue weighted by Gasteiger charge is -2.09. The molecule has 0 unspecified atom stereocenters. The van der Waals surface area contributed by atoms with Crippen LogP contribution in [-0.2, 0) is 17.6 Å². The first-order valence-corrected chi connectivity index (χ1v) is 9.79. The molecule has 2 aromatic carbocycles. The lowest BCUT2D eigenvalue weighted by atomic mass is 10.2. The third kappa shape index (κ3) is 3.90. The van der Waals surface area contributed by atoms with E-state index in [1.807, 2.05) is 59.2 Å². The third-order valence-electron chi connectivity index (χ3n) is 4.23. The molecule has 2 heterocycles. The maximum Gasteiger partial charge on any atom is 0.244 e. The van der Waals surface area contributed by atoms with Gasteiger partial charge in [-0.25, -0.2) is 10.8 Å². The SMILES string of the molecule is NNC(=O)CSc1nnc(CCc2nc3ccccc3[nH]2)n1-c1ccccc1. The maximum absolute atomic E-state index is 11.5. The van der Waals surface area contributed by atoms with Gasteiger partial charge in [0.15, 0.2) is 5.16 Å². The van der Waals surface area contributed by atoms with Gasteiger partial charge in [-0.05, 0) is 24.3 Å². The van der Waals surface area contributed by atoms with E-state index in [9.17, 15) is 4.79 Å². The minimum atomic E-state index is -0.267. The number of aromatic amines is 1. The van der Waals surface area contributed by atoms with Crippen molar-refractivity contribution in [1.29, 1.82) is 0 Å². The molecular formula is C19H19N7OS. The average Bonchev–Trinajstić information content (AvgIpc) is 3.34. The van der Waals surface area contributed by atoms with Crippen molar-refractivity contribution < 1.29 is 4.79 Å². The quantitative estimate of drug-likeness (QED) is 0.191. The summed E-state index contributed by atoms with van der Waals surface area (Å²) in [7, 11) is 0. The summed E-state index contributed by atoms with van der Waals surface area (Å²) in [5, 5.41) is 9.28. The molecule has 1 amide bonds. The molecular weight excluding hydrogens is 374 g/mol. The van der Waals surface area contributed by atoms with Crippen molar-refractivity contribution in [3.63, 3.8) is 0 Å². The number of imidazole rings is 1. The van der Waals surface area contributed by atoms with Crippen LogP contribution in [0.5, 0.6) is 0 Å². The first-order chi connectivity index (χ1) is 13.7. The Morgan fingerprint density at radius 2 is 1.86 bits per heavy atom. The molecule has 0 saturated heterocycles. The first kappa shape index (κ1) is 18.2. The second-order valence-corrected chi connectivity index (χ2v) is 7.07. The van der Waals surface area contributed by atoms with Gasteiger partial charge >= 0.3 is 0 Å². The van der Waals surface area contributed by atoms with Crippen molar-refractivity contribution in [2.45, 2.75) is 18.0 Å². The number of hydrogen-bond acceptors (Lipinski definition) is 6. The number of nitrogens with two attached hydrogens (primary N) is 1. The van der Waals surface area contributed by atoms with E-state index < -0.39 is 0 Å². The van der Waals surface area contributed by atoms with Crippen LogP contribution in [0.3, 0.4) is 0 Å². The Hall–Kier alpha value is -3.17. The highest BCUT2D eigenvalue weighted by Crippen LogP contribution is 2.23. The fourth-order valence-electron chi connectivity index (χ4n) is 2.92. The molecule has 0 radical (unpaired) electrons. The lowest BCUT2D eigenvalue weighted by molar-refractivity contribution is -0.118. The smallest absolute Gasteiger partial charge is 0.244 e. The zero-order chi connectivity index (χ0) is 19.3. The van der Waals surface area contributed by atoms with Gasteiger partial charge in [0.25, 0.3) is 0 Å². The van der Waals surface area contributed by atoms with E-state index in [2.05, 4.69) is 25.6 Å². The Balaban J connectivity index is 1.58. The first-order valence-electron chi connectivity index (χ1n) is 8.80. The van der Waals surface area contributed by atoms with Crippen LogP contribution in [0.1, 0.15) is 11.6 Å². The number of carbonyl (C=O) groups is 1. The van der Waals surface area contributed by atoms with Crippen LogP contribution in [0.25, 0.3) is 16.7 Å². The Morgan fingerprint density at radius 1 is 1.07 bits per heavy atom. The average molecular weight is 393 g/mol.